The molecule has 162 valence electrons. The van der Waals surface area contributed by atoms with E-state index in [9.17, 15) is 14.7 Å². The molecule has 11 heteroatoms. The van der Waals surface area contributed by atoms with E-state index in [0.29, 0.717) is 48.0 Å². The third kappa shape index (κ3) is 4.09. The lowest BCUT2D eigenvalue weighted by molar-refractivity contribution is -0.125. The molecule has 1 saturated heterocycles. The maximum atomic E-state index is 12.8. The molecule has 1 aliphatic heterocycles. The van der Waals surface area contributed by atoms with Gasteiger partial charge >= 0.3 is 0 Å². The third-order valence-electron chi connectivity index (χ3n) is 5.62. The number of phenolic OH excluding ortho intramolecular Hbond substituents is 1. The van der Waals surface area contributed by atoms with Gasteiger partial charge < -0.3 is 26.4 Å². The number of nitrogens with one attached hydrogen (secondary N) is 3. The predicted molar refractivity (Wildman–Crippen MR) is 118 cm³/mol. The van der Waals surface area contributed by atoms with Gasteiger partial charge in [0.15, 0.2) is 0 Å². The SMILES string of the molecule is CNC1(C(N)=O)CCN(c2cc(O)ccc2NC(=O)c2csc(-c3cn[nH]c3)n2)CC1. The molecule has 6 N–H and O–H groups in total. The van der Waals surface area contributed by atoms with Crippen LogP contribution in [0.3, 0.4) is 0 Å². The van der Waals surface area contributed by atoms with Crippen molar-refractivity contribution in [2.45, 2.75) is 18.4 Å². The number of aromatic nitrogens is 3. The fourth-order valence-corrected chi connectivity index (χ4v) is 4.48. The van der Waals surface area contributed by atoms with Gasteiger partial charge in [0.2, 0.25) is 5.91 Å². The Balaban J connectivity index is 1.53. The fourth-order valence-electron chi connectivity index (χ4n) is 3.70. The van der Waals surface area contributed by atoms with Crippen LogP contribution in [0.5, 0.6) is 5.75 Å². The van der Waals surface area contributed by atoms with Gasteiger partial charge in [-0.2, -0.15) is 5.10 Å². The van der Waals surface area contributed by atoms with Crippen LogP contribution in [-0.2, 0) is 4.79 Å². The Kier molecular flexibility index (Phi) is 5.61. The van der Waals surface area contributed by atoms with Crippen molar-refractivity contribution in [1.82, 2.24) is 20.5 Å². The summed E-state index contributed by atoms with van der Waals surface area (Å²) in [5.41, 5.74) is 7.17. The number of rotatable bonds is 6. The molecule has 1 fully saturated rings. The van der Waals surface area contributed by atoms with E-state index in [4.69, 9.17) is 5.73 Å². The van der Waals surface area contributed by atoms with Gasteiger partial charge in [0.05, 0.1) is 17.6 Å². The molecule has 10 nitrogen and oxygen atoms in total. The van der Waals surface area contributed by atoms with Crippen LogP contribution >= 0.6 is 11.3 Å². The molecule has 0 atom stereocenters. The van der Waals surface area contributed by atoms with Crippen LogP contribution in [0.2, 0.25) is 0 Å². The number of aromatic hydroxyl groups is 1. The zero-order valence-electron chi connectivity index (χ0n) is 16.9. The highest BCUT2D eigenvalue weighted by Crippen LogP contribution is 2.34. The average molecular weight is 442 g/mol. The summed E-state index contributed by atoms with van der Waals surface area (Å²) >= 11 is 1.35. The fraction of sp³-hybridized carbons (Fsp3) is 0.300. The van der Waals surface area contributed by atoms with Gasteiger partial charge in [-0.05, 0) is 32.0 Å². The lowest BCUT2D eigenvalue weighted by Gasteiger charge is -2.41. The van der Waals surface area contributed by atoms with Crippen molar-refractivity contribution < 1.29 is 14.7 Å². The van der Waals surface area contributed by atoms with Gasteiger partial charge in [0, 0.05) is 36.3 Å². The Morgan fingerprint density at radius 1 is 1.32 bits per heavy atom. The van der Waals surface area contributed by atoms with Gasteiger partial charge in [-0.3, -0.25) is 14.7 Å². The molecule has 0 aliphatic carbocycles. The zero-order chi connectivity index (χ0) is 22.0. The van der Waals surface area contributed by atoms with E-state index in [1.54, 1.807) is 37.0 Å². The van der Waals surface area contributed by atoms with E-state index in [2.05, 4.69) is 25.8 Å². The van der Waals surface area contributed by atoms with Crippen molar-refractivity contribution in [3.8, 4) is 16.3 Å². The summed E-state index contributed by atoms with van der Waals surface area (Å²) < 4.78 is 0. The number of carbonyl (C=O) groups excluding carboxylic acids is 2. The number of nitrogens with zero attached hydrogens (tertiary/aromatic N) is 3. The first-order chi connectivity index (χ1) is 14.9. The first-order valence-electron chi connectivity index (χ1n) is 9.75. The standard InChI is InChI=1S/C20H23N7O3S/c1-22-20(19(21)30)4-6-27(7-5-20)16-8-13(28)2-3-14(16)25-17(29)15-11-31-18(26-15)12-9-23-24-10-12/h2-3,8-11,22,28H,4-7H2,1H3,(H2,21,30)(H,23,24)(H,25,29). The first-order valence-corrected chi connectivity index (χ1v) is 10.6. The minimum absolute atomic E-state index is 0.0873. The number of likely N-dealkylation sites (N-methyl/N-ethyl adjacent to an activating group) is 1. The number of hydrogen-bond donors (Lipinski definition) is 5. The molecule has 1 aliphatic rings. The van der Waals surface area contributed by atoms with Crippen molar-refractivity contribution in [1.29, 1.82) is 0 Å². The number of hydrogen-bond acceptors (Lipinski definition) is 8. The van der Waals surface area contributed by atoms with E-state index in [1.807, 2.05) is 4.90 Å². The van der Waals surface area contributed by atoms with Crippen molar-refractivity contribution in [3.63, 3.8) is 0 Å². The number of piperidine rings is 1. The number of thiazole rings is 1. The molecular formula is C20H23N7O3S. The monoisotopic (exact) mass is 441 g/mol. The molecule has 4 rings (SSSR count). The molecule has 1 aromatic carbocycles. The quantitative estimate of drug-likeness (QED) is 0.364. The highest BCUT2D eigenvalue weighted by molar-refractivity contribution is 7.13. The van der Waals surface area contributed by atoms with Gasteiger partial charge in [0.1, 0.15) is 22.0 Å². The largest absolute Gasteiger partial charge is 0.508 e. The topological polar surface area (TPSA) is 149 Å². The molecule has 31 heavy (non-hydrogen) atoms. The number of carbonyl (C=O) groups is 2. The van der Waals surface area contributed by atoms with Crippen LogP contribution in [0.4, 0.5) is 11.4 Å². The van der Waals surface area contributed by atoms with Crippen LogP contribution < -0.4 is 21.3 Å². The number of phenols is 1. The normalized spacial score (nSPS) is 15.6. The zero-order valence-corrected chi connectivity index (χ0v) is 17.7. The average Bonchev–Trinajstić information content (AvgIpc) is 3.47. The Morgan fingerprint density at radius 2 is 2.10 bits per heavy atom. The molecule has 0 radical (unpaired) electrons. The minimum Gasteiger partial charge on any atom is -0.508 e. The van der Waals surface area contributed by atoms with Crippen molar-refractivity contribution in [2.24, 2.45) is 5.73 Å². The summed E-state index contributed by atoms with van der Waals surface area (Å²) in [5.74, 6) is -0.642. The van der Waals surface area contributed by atoms with Crippen LogP contribution in [-0.4, -0.2) is 57.8 Å². The van der Waals surface area contributed by atoms with E-state index < -0.39 is 5.54 Å². The Bertz CT molecular complexity index is 1090. The molecule has 3 aromatic rings. The molecule has 3 heterocycles. The lowest BCUT2D eigenvalue weighted by Crippen LogP contribution is -2.59. The summed E-state index contributed by atoms with van der Waals surface area (Å²) in [7, 11) is 1.73. The van der Waals surface area contributed by atoms with Crippen molar-refractivity contribution >= 4 is 34.5 Å². The number of H-pyrrole nitrogens is 1. The van der Waals surface area contributed by atoms with Crippen molar-refractivity contribution in [2.75, 3.05) is 30.4 Å². The van der Waals surface area contributed by atoms with E-state index in [0.717, 1.165) is 5.56 Å². The number of primary amides is 1. The molecule has 0 spiro atoms. The maximum absolute atomic E-state index is 12.8. The van der Waals surface area contributed by atoms with Crippen LogP contribution in [0, 0.1) is 0 Å². The second kappa shape index (κ2) is 8.36. The summed E-state index contributed by atoms with van der Waals surface area (Å²) in [6, 6.07) is 4.77. The van der Waals surface area contributed by atoms with Gasteiger partial charge in [0.25, 0.3) is 5.91 Å². The molecule has 0 saturated carbocycles. The number of anilines is 2. The second-order valence-electron chi connectivity index (χ2n) is 7.36. The summed E-state index contributed by atoms with van der Waals surface area (Å²) in [6.07, 6.45) is 4.39. The molecule has 0 bridgehead atoms. The van der Waals surface area contributed by atoms with Crippen molar-refractivity contribution in [3.05, 3.63) is 41.7 Å². The second-order valence-corrected chi connectivity index (χ2v) is 8.22. The first kappa shape index (κ1) is 20.8. The van der Waals surface area contributed by atoms with Crippen LogP contribution in [0.15, 0.2) is 36.0 Å². The van der Waals surface area contributed by atoms with E-state index in [-0.39, 0.29) is 17.6 Å². The Morgan fingerprint density at radius 3 is 2.74 bits per heavy atom. The molecule has 2 aromatic heterocycles. The smallest absolute Gasteiger partial charge is 0.275 e. The molecule has 2 amide bonds. The molecule has 0 unspecified atom stereocenters. The van der Waals surface area contributed by atoms with Gasteiger partial charge in [-0.15, -0.1) is 11.3 Å². The van der Waals surface area contributed by atoms with Gasteiger partial charge in [-0.25, -0.2) is 4.98 Å². The lowest BCUT2D eigenvalue weighted by atomic mass is 9.86. The number of aromatic amines is 1. The Labute approximate surface area is 182 Å². The predicted octanol–water partition coefficient (Wildman–Crippen LogP) is 1.53. The van der Waals surface area contributed by atoms with E-state index in [1.165, 1.54) is 17.4 Å². The number of nitrogens with two attached hydrogens (primary N) is 1. The van der Waals surface area contributed by atoms with Crippen LogP contribution in [0.1, 0.15) is 23.3 Å². The highest BCUT2D eigenvalue weighted by atomic mass is 32.1. The van der Waals surface area contributed by atoms with Gasteiger partial charge in [-0.1, -0.05) is 0 Å². The van der Waals surface area contributed by atoms with E-state index >= 15 is 0 Å². The third-order valence-corrected chi connectivity index (χ3v) is 6.51. The summed E-state index contributed by atoms with van der Waals surface area (Å²) in [4.78, 5) is 31.1. The number of amides is 2. The Hall–Kier alpha value is -3.44. The maximum Gasteiger partial charge on any atom is 0.275 e. The highest BCUT2D eigenvalue weighted by Gasteiger charge is 2.38. The molecular weight excluding hydrogens is 418 g/mol. The number of benzene rings is 1. The van der Waals surface area contributed by atoms with Crippen LogP contribution in [0.25, 0.3) is 10.6 Å². The summed E-state index contributed by atoms with van der Waals surface area (Å²) in [6.45, 7) is 1.08. The minimum atomic E-state index is -0.749. The summed E-state index contributed by atoms with van der Waals surface area (Å²) in [5, 5.41) is 25.0.